The van der Waals surface area contributed by atoms with Gasteiger partial charge in [0, 0.05) is 41.9 Å². The second kappa shape index (κ2) is 9.24. The van der Waals surface area contributed by atoms with Gasteiger partial charge in [-0.3, -0.25) is 0 Å². The maximum atomic E-state index is 13.1. The topological polar surface area (TPSA) is 66.4 Å². The summed E-state index contributed by atoms with van der Waals surface area (Å²) < 4.78 is 28.8. The molecule has 0 amide bonds. The van der Waals surface area contributed by atoms with E-state index in [1.54, 1.807) is 28.6 Å². The highest BCUT2D eigenvalue weighted by Gasteiger charge is 2.31. The third kappa shape index (κ3) is 4.45. The Bertz CT molecular complexity index is 1270. The molecule has 6 nitrogen and oxygen atoms in total. The van der Waals surface area contributed by atoms with Crippen molar-refractivity contribution in [3.8, 4) is 0 Å². The summed E-state index contributed by atoms with van der Waals surface area (Å²) in [5.41, 5.74) is 1.43. The predicted octanol–water partition coefficient (Wildman–Crippen LogP) is 5.04. The van der Waals surface area contributed by atoms with Crippen LogP contribution in [0.1, 0.15) is 43.0 Å². The third-order valence-electron chi connectivity index (χ3n) is 6.65. The molecule has 1 atom stereocenters. The van der Waals surface area contributed by atoms with Gasteiger partial charge in [-0.1, -0.05) is 29.8 Å². The molecule has 0 bridgehead atoms. The Labute approximate surface area is 208 Å². The monoisotopic (exact) mass is 548 g/mol. The van der Waals surface area contributed by atoms with Crippen LogP contribution in [0.4, 0.5) is 5.82 Å². The number of fused-ring (bicyclic) bond motifs is 3. The van der Waals surface area contributed by atoms with Crippen LogP contribution in [-0.2, 0) is 29.3 Å². The first-order chi connectivity index (χ1) is 15.9. The smallest absolute Gasteiger partial charge is 0.243 e. The molecule has 0 saturated carbocycles. The maximum absolute atomic E-state index is 13.1. The molecule has 1 aliphatic carbocycles. The minimum Gasteiger partial charge on any atom is -0.353 e. The summed E-state index contributed by atoms with van der Waals surface area (Å²) >= 11 is 5.22. The van der Waals surface area contributed by atoms with Crippen LogP contribution < -0.4 is 4.90 Å². The summed E-state index contributed by atoms with van der Waals surface area (Å²) in [5.74, 6) is 2.62. The molecule has 2 aromatic heterocycles. The molecule has 0 radical (unpaired) electrons. The zero-order valence-corrected chi connectivity index (χ0v) is 22.3. The average Bonchev–Trinajstić information content (AvgIpc) is 3.16. The fraction of sp³-hybridized carbons (Fsp3) is 0.500. The molecule has 1 aromatic carbocycles. The highest BCUT2D eigenvalue weighted by atomic mass is 79.9. The number of nitrogens with zero attached hydrogens (tertiary/aromatic N) is 4. The largest absolute Gasteiger partial charge is 0.353 e. The molecule has 3 aromatic rings. The highest BCUT2D eigenvalue weighted by molar-refractivity contribution is 9.10. The Hall–Kier alpha value is -1.55. The van der Waals surface area contributed by atoms with Gasteiger partial charge in [0.2, 0.25) is 10.0 Å². The maximum Gasteiger partial charge on any atom is 0.243 e. The summed E-state index contributed by atoms with van der Waals surface area (Å²) in [4.78, 5) is 15.1. The number of hydrogen-bond acceptors (Lipinski definition) is 6. The fourth-order valence-electron chi connectivity index (χ4n) is 4.83. The molecule has 2 aliphatic rings. The van der Waals surface area contributed by atoms with E-state index in [9.17, 15) is 8.42 Å². The third-order valence-corrected chi connectivity index (χ3v) is 10.2. The first kappa shape index (κ1) is 23.2. The number of rotatable bonds is 5. The number of sulfonamides is 1. The first-order valence-corrected chi connectivity index (χ1v) is 14.7. The SMILES string of the molecule is CCCc1nc(N2CCN(S(=O)(=O)c3ccc(Br)cc3)CC2)c2c3c(sc2n1)CC(C)CC3. The molecule has 1 fully saturated rings. The normalized spacial score (nSPS) is 19.7. The Morgan fingerprint density at radius 2 is 1.85 bits per heavy atom. The van der Waals surface area contributed by atoms with Gasteiger partial charge < -0.3 is 4.90 Å². The molecule has 176 valence electrons. The van der Waals surface area contributed by atoms with Gasteiger partial charge in [0.25, 0.3) is 0 Å². The second-order valence-corrected chi connectivity index (χ2v) is 13.0. The van der Waals surface area contributed by atoms with Gasteiger partial charge in [-0.2, -0.15) is 4.31 Å². The summed E-state index contributed by atoms with van der Waals surface area (Å²) in [6, 6.07) is 6.87. The standard InChI is InChI=1S/C24H29BrN4O2S2/c1-3-4-21-26-23(22-19-10-5-16(2)15-20(19)32-24(22)27-21)28-11-13-29(14-12-28)33(30,31)18-8-6-17(25)7-9-18/h6-9,16H,3-5,10-15H2,1-2H3. The summed E-state index contributed by atoms with van der Waals surface area (Å²) in [7, 11) is -3.50. The lowest BCUT2D eigenvalue weighted by atomic mass is 9.89. The Kier molecular flexibility index (Phi) is 6.50. The van der Waals surface area contributed by atoms with Crippen LogP contribution in [0.5, 0.6) is 0 Å². The van der Waals surface area contributed by atoms with Crippen LogP contribution in [0.25, 0.3) is 10.2 Å². The lowest BCUT2D eigenvalue weighted by Gasteiger charge is -2.35. The van der Waals surface area contributed by atoms with Crippen LogP contribution in [0.15, 0.2) is 33.6 Å². The van der Waals surface area contributed by atoms with Gasteiger partial charge in [-0.05, 0) is 61.4 Å². The molecule has 1 aliphatic heterocycles. The zero-order valence-electron chi connectivity index (χ0n) is 19.1. The van der Waals surface area contributed by atoms with Crippen molar-refractivity contribution in [2.45, 2.75) is 50.8 Å². The lowest BCUT2D eigenvalue weighted by Crippen LogP contribution is -2.49. The molecule has 5 rings (SSSR count). The molecule has 33 heavy (non-hydrogen) atoms. The molecular weight excluding hydrogens is 520 g/mol. The van der Waals surface area contributed by atoms with Crippen molar-refractivity contribution in [2.24, 2.45) is 5.92 Å². The van der Waals surface area contributed by atoms with Crippen LogP contribution >= 0.6 is 27.3 Å². The lowest BCUT2D eigenvalue weighted by molar-refractivity contribution is 0.384. The summed E-state index contributed by atoms with van der Waals surface area (Å²) in [6.07, 6.45) is 5.27. The molecule has 0 N–H and O–H groups in total. The van der Waals surface area contributed by atoms with E-state index in [-0.39, 0.29) is 0 Å². The number of piperazine rings is 1. The van der Waals surface area contributed by atoms with E-state index in [4.69, 9.17) is 9.97 Å². The number of aromatic nitrogens is 2. The van der Waals surface area contributed by atoms with E-state index in [0.717, 1.165) is 46.6 Å². The number of thiophene rings is 1. The van der Waals surface area contributed by atoms with E-state index >= 15 is 0 Å². The van der Waals surface area contributed by atoms with Crippen LogP contribution in [0.3, 0.4) is 0 Å². The molecule has 0 spiro atoms. The molecule has 1 saturated heterocycles. The van der Waals surface area contributed by atoms with Crippen molar-refractivity contribution in [1.82, 2.24) is 14.3 Å². The van der Waals surface area contributed by atoms with Crippen molar-refractivity contribution >= 4 is 53.3 Å². The number of aryl methyl sites for hydroxylation is 2. The fourth-order valence-corrected chi connectivity index (χ4v) is 7.91. The Morgan fingerprint density at radius 1 is 1.12 bits per heavy atom. The van der Waals surface area contributed by atoms with Gasteiger partial charge >= 0.3 is 0 Å². The Balaban J connectivity index is 1.45. The molecule has 1 unspecified atom stereocenters. The quantitative estimate of drug-likeness (QED) is 0.446. The van der Waals surface area contributed by atoms with E-state index in [2.05, 4.69) is 34.7 Å². The van der Waals surface area contributed by atoms with Gasteiger partial charge in [0.1, 0.15) is 16.5 Å². The number of hydrogen-bond donors (Lipinski definition) is 0. The van der Waals surface area contributed by atoms with E-state index in [1.807, 2.05) is 11.3 Å². The highest BCUT2D eigenvalue weighted by Crippen LogP contribution is 2.41. The van der Waals surface area contributed by atoms with Crippen LogP contribution in [0, 0.1) is 5.92 Å². The second-order valence-electron chi connectivity index (χ2n) is 9.09. The minimum absolute atomic E-state index is 0.342. The number of anilines is 1. The van der Waals surface area contributed by atoms with Crippen molar-refractivity contribution < 1.29 is 8.42 Å². The minimum atomic E-state index is -3.50. The van der Waals surface area contributed by atoms with Crippen molar-refractivity contribution in [2.75, 3.05) is 31.1 Å². The molecule has 9 heteroatoms. The van der Waals surface area contributed by atoms with Gasteiger partial charge in [-0.25, -0.2) is 18.4 Å². The number of benzene rings is 1. The van der Waals surface area contributed by atoms with Crippen molar-refractivity contribution in [3.63, 3.8) is 0 Å². The predicted molar refractivity (Wildman–Crippen MR) is 138 cm³/mol. The van der Waals surface area contributed by atoms with E-state index in [0.29, 0.717) is 37.0 Å². The Morgan fingerprint density at radius 3 is 2.55 bits per heavy atom. The van der Waals surface area contributed by atoms with Gasteiger partial charge in [0.05, 0.1) is 10.3 Å². The van der Waals surface area contributed by atoms with E-state index < -0.39 is 10.0 Å². The summed E-state index contributed by atoms with van der Waals surface area (Å²) in [5, 5.41) is 1.21. The van der Waals surface area contributed by atoms with E-state index in [1.165, 1.54) is 22.2 Å². The average molecular weight is 550 g/mol. The van der Waals surface area contributed by atoms with Crippen molar-refractivity contribution in [1.29, 1.82) is 0 Å². The molecular formula is C24H29BrN4O2S2. The molecule has 3 heterocycles. The van der Waals surface area contributed by atoms with Gasteiger partial charge in [0.15, 0.2) is 0 Å². The number of halogens is 1. The van der Waals surface area contributed by atoms with Crippen molar-refractivity contribution in [3.05, 3.63) is 45.0 Å². The zero-order chi connectivity index (χ0) is 23.2. The van der Waals surface area contributed by atoms with Gasteiger partial charge in [-0.15, -0.1) is 11.3 Å². The summed E-state index contributed by atoms with van der Waals surface area (Å²) in [6.45, 7) is 6.66. The first-order valence-electron chi connectivity index (χ1n) is 11.7. The van der Waals surface area contributed by atoms with Crippen LogP contribution in [0.2, 0.25) is 0 Å². The van der Waals surface area contributed by atoms with Crippen LogP contribution in [-0.4, -0.2) is 48.9 Å².